The summed E-state index contributed by atoms with van der Waals surface area (Å²) in [4.78, 5) is 12.8. The Morgan fingerprint density at radius 3 is 1.59 bits per heavy atom. The van der Waals surface area contributed by atoms with E-state index in [-0.39, 0.29) is 17.6 Å². The molecule has 0 aliphatic heterocycles. The van der Waals surface area contributed by atoms with Gasteiger partial charge in [0.1, 0.15) is 5.78 Å². The molecule has 0 fully saturated rings. The van der Waals surface area contributed by atoms with Gasteiger partial charge in [-0.2, -0.15) is 0 Å². The van der Waals surface area contributed by atoms with Crippen LogP contribution < -0.4 is 11.5 Å². The molecule has 4 N–H and O–H groups in total. The summed E-state index contributed by atoms with van der Waals surface area (Å²) < 4.78 is 0. The summed E-state index contributed by atoms with van der Waals surface area (Å²) in [5.41, 5.74) is 14.0. The lowest BCUT2D eigenvalue weighted by Gasteiger charge is -2.20. The molecule has 0 aliphatic rings. The molecule has 5 heteroatoms. The number of Topliss-reactive ketones (excluding diaryl/α,β-unsaturated/α-hetero) is 1. The highest BCUT2D eigenvalue weighted by Crippen LogP contribution is 2.36. The van der Waals surface area contributed by atoms with E-state index < -0.39 is 0 Å². The van der Waals surface area contributed by atoms with E-state index in [0.29, 0.717) is 21.4 Å². The number of benzene rings is 2. The van der Waals surface area contributed by atoms with Gasteiger partial charge in [-0.3, -0.25) is 4.79 Å². The molecule has 2 atom stereocenters. The van der Waals surface area contributed by atoms with Crippen molar-refractivity contribution in [1.82, 2.24) is 0 Å². The molecule has 0 saturated heterocycles. The summed E-state index contributed by atoms with van der Waals surface area (Å²) in [6, 6.07) is 10.6. The van der Waals surface area contributed by atoms with Gasteiger partial charge in [0.05, 0.1) is 21.4 Å². The predicted molar refractivity (Wildman–Crippen MR) is 93.6 cm³/mol. The molecule has 0 bridgehead atoms. The lowest BCUT2D eigenvalue weighted by Crippen LogP contribution is -2.17. The van der Waals surface area contributed by atoms with Crippen molar-refractivity contribution in [2.75, 3.05) is 11.5 Å². The SMILES string of the molecule is CC(C(=O)C(C)c1cccc(N)c1Cl)c1cccc(N)c1Cl. The Labute approximate surface area is 140 Å². The topological polar surface area (TPSA) is 69.1 Å². The van der Waals surface area contributed by atoms with Crippen LogP contribution in [0.15, 0.2) is 36.4 Å². The maximum atomic E-state index is 12.8. The Morgan fingerprint density at radius 1 is 0.864 bits per heavy atom. The maximum absolute atomic E-state index is 12.8. The van der Waals surface area contributed by atoms with Crippen LogP contribution in [0.25, 0.3) is 0 Å². The number of anilines is 2. The minimum atomic E-state index is -0.386. The third-order valence-electron chi connectivity index (χ3n) is 3.90. The summed E-state index contributed by atoms with van der Waals surface area (Å²) >= 11 is 12.4. The van der Waals surface area contributed by atoms with Gasteiger partial charge in [0.15, 0.2) is 0 Å². The van der Waals surface area contributed by atoms with E-state index in [4.69, 9.17) is 34.7 Å². The highest BCUT2D eigenvalue weighted by atomic mass is 35.5. The Hall–Kier alpha value is -1.71. The molecule has 0 saturated carbocycles. The Morgan fingerprint density at radius 2 is 1.23 bits per heavy atom. The molecule has 0 radical (unpaired) electrons. The molecule has 22 heavy (non-hydrogen) atoms. The monoisotopic (exact) mass is 336 g/mol. The highest BCUT2D eigenvalue weighted by molar-refractivity contribution is 6.34. The van der Waals surface area contributed by atoms with E-state index in [2.05, 4.69) is 0 Å². The maximum Gasteiger partial charge on any atom is 0.147 e. The van der Waals surface area contributed by atoms with Crippen molar-refractivity contribution < 1.29 is 4.79 Å². The van der Waals surface area contributed by atoms with Gasteiger partial charge in [-0.1, -0.05) is 61.3 Å². The number of hydrogen-bond acceptors (Lipinski definition) is 3. The normalized spacial score (nSPS) is 13.6. The van der Waals surface area contributed by atoms with E-state index in [0.717, 1.165) is 11.1 Å². The van der Waals surface area contributed by atoms with Crippen LogP contribution >= 0.6 is 23.2 Å². The van der Waals surface area contributed by atoms with Crippen molar-refractivity contribution in [3.63, 3.8) is 0 Å². The molecule has 0 aliphatic carbocycles. The van der Waals surface area contributed by atoms with Gasteiger partial charge >= 0.3 is 0 Å². The van der Waals surface area contributed by atoms with Crippen LogP contribution in [-0.2, 0) is 4.79 Å². The van der Waals surface area contributed by atoms with Crippen LogP contribution in [0.4, 0.5) is 11.4 Å². The number of hydrogen-bond donors (Lipinski definition) is 2. The van der Waals surface area contributed by atoms with E-state index in [1.165, 1.54) is 0 Å². The zero-order valence-electron chi connectivity index (χ0n) is 12.4. The van der Waals surface area contributed by atoms with Crippen LogP contribution in [0.5, 0.6) is 0 Å². The van der Waals surface area contributed by atoms with Gasteiger partial charge in [0.2, 0.25) is 0 Å². The molecule has 0 spiro atoms. The molecule has 2 rings (SSSR count). The Kier molecular flexibility index (Phi) is 4.99. The number of nitrogens with two attached hydrogens (primary N) is 2. The first kappa shape index (κ1) is 16.7. The zero-order valence-corrected chi connectivity index (χ0v) is 13.9. The summed E-state index contributed by atoms with van der Waals surface area (Å²) in [7, 11) is 0. The Balaban J connectivity index is 2.34. The van der Waals surface area contributed by atoms with Crippen molar-refractivity contribution in [2.45, 2.75) is 25.7 Å². The second kappa shape index (κ2) is 6.59. The Bertz CT molecular complexity index is 656. The first-order chi connectivity index (χ1) is 10.3. The third kappa shape index (κ3) is 3.06. The largest absolute Gasteiger partial charge is 0.398 e. The fraction of sp³-hybridized carbons (Fsp3) is 0.235. The molecular formula is C17H18Cl2N2O. The average Bonchev–Trinajstić information content (AvgIpc) is 2.50. The molecule has 0 amide bonds. The van der Waals surface area contributed by atoms with Crippen LogP contribution in [0, 0.1) is 0 Å². The predicted octanol–water partition coefficient (Wildman–Crippen LogP) is 4.63. The van der Waals surface area contributed by atoms with Crippen molar-refractivity contribution >= 4 is 40.4 Å². The van der Waals surface area contributed by atoms with Gasteiger partial charge in [0.25, 0.3) is 0 Å². The summed E-state index contributed by atoms with van der Waals surface area (Å²) in [6.07, 6.45) is 0. The van der Waals surface area contributed by atoms with Crippen LogP contribution in [0.3, 0.4) is 0 Å². The number of carbonyl (C=O) groups excluding carboxylic acids is 1. The zero-order chi connectivity index (χ0) is 16.4. The molecule has 2 unspecified atom stereocenters. The van der Waals surface area contributed by atoms with E-state index >= 15 is 0 Å². The van der Waals surface area contributed by atoms with Gasteiger partial charge in [0, 0.05) is 11.8 Å². The fourth-order valence-corrected chi connectivity index (χ4v) is 3.07. The second-order valence-electron chi connectivity index (χ2n) is 5.35. The second-order valence-corrected chi connectivity index (χ2v) is 6.10. The van der Waals surface area contributed by atoms with E-state index in [1.54, 1.807) is 24.3 Å². The molecule has 2 aromatic rings. The number of ketones is 1. The van der Waals surface area contributed by atoms with Gasteiger partial charge in [-0.05, 0) is 23.3 Å². The van der Waals surface area contributed by atoms with E-state index in [9.17, 15) is 4.79 Å². The van der Waals surface area contributed by atoms with Crippen LogP contribution in [0.1, 0.15) is 36.8 Å². The van der Waals surface area contributed by atoms with Crippen molar-refractivity contribution in [3.05, 3.63) is 57.6 Å². The molecular weight excluding hydrogens is 319 g/mol. The first-order valence-electron chi connectivity index (χ1n) is 6.96. The minimum Gasteiger partial charge on any atom is -0.398 e. The minimum absolute atomic E-state index is 0.0139. The van der Waals surface area contributed by atoms with Gasteiger partial charge < -0.3 is 11.5 Å². The molecule has 2 aromatic carbocycles. The smallest absolute Gasteiger partial charge is 0.147 e. The lowest BCUT2D eigenvalue weighted by molar-refractivity contribution is -0.121. The van der Waals surface area contributed by atoms with Crippen molar-refractivity contribution in [3.8, 4) is 0 Å². The average molecular weight is 337 g/mol. The van der Waals surface area contributed by atoms with Crippen molar-refractivity contribution in [2.24, 2.45) is 0 Å². The van der Waals surface area contributed by atoms with E-state index in [1.807, 2.05) is 26.0 Å². The number of carbonyl (C=O) groups is 1. The van der Waals surface area contributed by atoms with Crippen molar-refractivity contribution in [1.29, 1.82) is 0 Å². The summed E-state index contributed by atoms with van der Waals surface area (Å²) in [6.45, 7) is 3.64. The highest BCUT2D eigenvalue weighted by Gasteiger charge is 2.26. The van der Waals surface area contributed by atoms with Gasteiger partial charge in [-0.15, -0.1) is 0 Å². The van der Waals surface area contributed by atoms with Crippen LogP contribution in [0.2, 0.25) is 10.0 Å². The molecule has 0 aromatic heterocycles. The number of nitrogen functional groups attached to an aromatic ring is 2. The molecule has 116 valence electrons. The standard InChI is InChI=1S/C17H18Cl2N2O/c1-9(11-5-3-7-13(20)15(11)18)17(22)10(2)12-6-4-8-14(21)16(12)19/h3-10H,20-21H2,1-2H3. The van der Waals surface area contributed by atoms with Gasteiger partial charge in [-0.25, -0.2) is 0 Å². The first-order valence-corrected chi connectivity index (χ1v) is 7.71. The molecule has 3 nitrogen and oxygen atoms in total. The fourth-order valence-electron chi connectivity index (χ4n) is 2.49. The quantitative estimate of drug-likeness (QED) is 0.799. The molecule has 0 heterocycles. The third-order valence-corrected chi connectivity index (χ3v) is 4.78. The summed E-state index contributed by atoms with van der Waals surface area (Å²) in [5, 5.41) is 0.850. The number of halogens is 2. The summed E-state index contributed by atoms with van der Waals surface area (Å²) in [5.74, 6) is -0.757. The van der Waals surface area contributed by atoms with Crippen LogP contribution in [-0.4, -0.2) is 5.78 Å². The number of rotatable bonds is 4. The lowest BCUT2D eigenvalue weighted by atomic mass is 9.85.